The molecule has 1 aliphatic heterocycles. The van der Waals surface area contributed by atoms with Crippen LogP contribution < -0.4 is 11.1 Å². The predicted molar refractivity (Wildman–Crippen MR) is 73.3 cm³/mol. The van der Waals surface area contributed by atoms with Gasteiger partial charge in [-0.2, -0.15) is 0 Å². The fourth-order valence-corrected chi connectivity index (χ4v) is 2.54. The number of nitrogens with two attached hydrogens (primary N) is 1. The van der Waals surface area contributed by atoms with Crippen molar-refractivity contribution in [2.75, 3.05) is 25.5 Å². The van der Waals surface area contributed by atoms with E-state index in [1.54, 1.807) is 12.1 Å². The summed E-state index contributed by atoms with van der Waals surface area (Å²) in [7, 11) is 2.03. The van der Waals surface area contributed by atoms with Crippen LogP contribution >= 0.6 is 0 Å². The normalized spacial score (nSPS) is 24.7. The van der Waals surface area contributed by atoms with Crippen LogP contribution in [0.25, 0.3) is 0 Å². The maximum absolute atomic E-state index is 13.2. The Balaban J connectivity index is 2.22. The van der Waals surface area contributed by atoms with Crippen LogP contribution in [0.1, 0.15) is 19.3 Å². The quantitative estimate of drug-likeness (QED) is 0.872. The van der Waals surface area contributed by atoms with E-state index in [0.29, 0.717) is 18.5 Å². The molecule has 104 valence electrons. The second-order valence-corrected chi connectivity index (χ2v) is 5.24. The predicted octanol–water partition coefficient (Wildman–Crippen LogP) is 1.58. The van der Waals surface area contributed by atoms with Crippen molar-refractivity contribution in [1.82, 2.24) is 4.90 Å². The Labute approximate surface area is 112 Å². The number of benzene rings is 1. The summed E-state index contributed by atoms with van der Waals surface area (Å²) >= 11 is 0. The SMILES string of the molecule is CN1CCCC(Nc2cccc(F)c2)(C(N)=O)CC1. The van der Waals surface area contributed by atoms with Crippen LogP contribution in [-0.2, 0) is 4.79 Å². The monoisotopic (exact) mass is 265 g/mol. The van der Waals surface area contributed by atoms with E-state index in [0.717, 1.165) is 19.5 Å². The van der Waals surface area contributed by atoms with Crippen molar-refractivity contribution in [3.05, 3.63) is 30.1 Å². The molecule has 19 heavy (non-hydrogen) atoms. The minimum absolute atomic E-state index is 0.324. The Bertz CT molecular complexity index is 466. The van der Waals surface area contributed by atoms with Gasteiger partial charge >= 0.3 is 0 Å². The third kappa shape index (κ3) is 3.23. The van der Waals surface area contributed by atoms with Gasteiger partial charge in [0.05, 0.1) is 0 Å². The molecule has 1 saturated heterocycles. The summed E-state index contributed by atoms with van der Waals surface area (Å²) in [4.78, 5) is 14.1. The summed E-state index contributed by atoms with van der Waals surface area (Å²) in [5.74, 6) is -0.692. The molecule has 0 aliphatic carbocycles. The number of hydrogen-bond donors (Lipinski definition) is 2. The van der Waals surface area contributed by atoms with E-state index >= 15 is 0 Å². The maximum Gasteiger partial charge on any atom is 0.243 e. The molecule has 0 spiro atoms. The zero-order valence-electron chi connectivity index (χ0n) is 11.2. The molecule has 1 unspecified atom stereocenters. The molecule has 1 aromatic carbocycles. The highest BCUT2D eigenvalue weighted by Crippen LogP contribution is 2.27. The Morgan fingerprint density at radius 1 is 1.42 bits per heavy atom. The van der Waals surface area contributed by atoms with Gasteiger partial charge in [0.1, 0.15) is 11.4 Å². The summed E-state index contributed by atoms with van der Waals surface area (Å²) in [6.45, 7) is 1.74. The molecular formula is C14H20FN3O. The van der Waals surface area contributed by atoms with Crippen LogP contribution in [0.4, 0.5) is 10.1 Å². The number of anilines is 1. The molecule has 1 fully saturated rings. The molecule has 0 saturated carbocycles. The molecule has 1 aromatic rings. The first-order chi connectivity index (χ1) is 9.02. The summed E-state index contributed by atoms with van der Waals surface area (Å²) in [6.07, 6.45) is 2.19. The number of rotatable bonds is 3. The van der Waals surface area contributed by atoms with Crippen molar-refractivity contribution in [3.63, 3.8) is 0 Å². The fourth-order valence-electron chi connectivity index (χ4n) is 2.54. The van der Waals surface area contributed by atoms with Crippen molar-refractivity contribution in [2.45, 2.75) is 24.8 Å². The number of hydrogen-bond acceptors (Lipinski definition) is 3. The fraction of sp³-hybridized carbons (Fsp3) is 0.500. The Kier molecular flexibility index (Phi) is 4.04. The van der Waals surface area contributed by atoms with Crippen LogP contribution in [0, 0.1) is 5.82 Å². The number of amides is 1. The number of carbonyl (C=O) groups is 1. The zero-order valence-corrected chi connectivity index (χ0v) is 11.2. The maximum atomic E-state index is 13.2. The summed E-state index contributed by atoms with van der Waals surface area (Å²) < 4.78 is 13.2. The summed E-state index contributed by atoms with van der Waals surface area (Å²) in [5.41, 5.74) is 5.41. The molecule has 0 radical (unpaired) electrons. The molecule has 3 N–H and O–H groups in total. The lowest BCUT2D eigenvalue weighted by atomic mass is 9.89. The first-order valence-electron chi connectivity index (χ1n) is 6.54. The van der Waals surface area contributed by atoms with Gasteiger partial charge in [0.15, 0.2) is 0 Å². The minimum atomic E-state index is -0.779. The zero-order chi connectivity index (χ0) is 13.9. The lowest BCUT2D eigenvalue weighted by Crippen LogP contribution is -2.51. The van der Waals surface area contributed by atoms with Crippen LogP contribution in [0.2, 0.25) is 0 Å². The van der Waals surface area contributed by atoms with Crippen molar-refractivity contribution in [3.8, 4) is 0 Å². The average molecular weight is 265 g/mol. The van der Waals surface area contributed by atoms with Gasteiger partial charge in [-0.25, -0.2) is 4.39 Å². The summed E-state index contributed by atoms with van der Waals surface area (Å²) in [5, 5.41) is 3.15. The smallest absolute Gasteiger partial charge is 0.243 e. The molecular weight excluding hydrogens is 245 g/mol. The summed E-state index contributed by atoms with van der Waals surface area (Å²) in [6, 6.07) is 6.14. The number of nitrogens with one attached hydrogen (secondary N) is 1. The van der Waals surface area contributed by atoms with Crippen molar-refractivity contribution >= 4 is 11.6 Å². The number of primary amides is 1. The highest BCUT2D eigenvalue weighted by atomic mass is 19.1. The van der Waals surface area contributed by atoms with E-state index in [1.165, 1.54) is 12.1 Å². The first kappa shape index (κ1) is 13.8. The molecule has 0 bridgehead atoms. The van der Waals surface area contributed by atoms with Crippen LogP contribution in [0.3, 0.4) is 0 Å². The van der Waals surface area contributed by atoms with Gasteiger partial charge in [0, 0.05) is 12.2 Å². The van der Waals surface area contributed by atoms with E-state index < -0.39 is 5.54 Å². The van der Waals surface area contributed by atoms with Crippen LogP contribution in [0.15, 0.2) is 24.3 Å². The number of carbonyl (C=O) groups excluding carboxylic acids is 1. The van der Waals surface area contributed by atoms with E-state index in [2.05, 4.69) is 10.2 Å². The highest BCUT2D eigenvalue weighted by molar-refractivity contribution is 5.88. The van der Waals surface area contributed by atoms with Crippen LogP contribution in [-0.4, -0.2) is 36.5 Å². The van der Waals surface area contributed by atoms with E-state index in [4.69, 9.17) is 5.73 Å². The van der Waals surface area contributed by atoms with E-state index in [-0.39, 0.29) is 11.7 Å². The second kappa shape index (κ2) is 5.57. The Morgan fingerprint density at radius 2 is 2.21 bits per heavy atom. The molecule has 2 rings (SSSR count). The third-order valence-electron chi connectivity index (χ3n) is 3.74. The van der Waals surface area contributed by atoms with Gasteiger partial charge in [-0.15, -0.1) is 0 Å². The highest BCUT2D eigenvalue weighted by Gasteiger charge is 2.37. The largest absolute Gasteiger partial charge is 0.371 e. The number of likely N-dealkylation sites (tertiary alicyclic amines) is 1. The Hall–Kier alpha value is -1.62. The van der Waals surface area contributed by atoms with E-state index in [1.807, 2.05) is 7.05 Å². The van der Waals surface area contributed by atoms with Gasteiger partial charge in [-0.05, 0) is 51.1 Å². The third-order valence-corrected chi connectivity index (χ3v) is 3.74. The number of nitrogens with zero attached hydrogens (tertiary/aromatic N) is 1. The molecule has 4 nitrogen and oxygen atoms in total. The van der Waals surface area contributed by atoms with Gasteiger partial charge in [-0.3, -0.25) is 4.79 Å². The molecule has 1 atom stereocenters. The van der Waals surface area contributed by atoms with Crippen molar-refractivity contribution < 1.29 is 9.18 Å². The van der Waals surface area contributed by atoms with Crippen LogP contribution in [0.5, 0.6) is 0 Å². The standard InChI is InChI=1S/C14H20FN3O/c1-18-8-3-6-14(7-9-18,13(16)19)17-12-5-2-4-11(15)10-12/h2,4-5,10,17H,3,6-9H2,1H3,(H2,16,19). The lowest BCUT2D eigenvalue weighted by Gasteiger charge is -2.31. The molecule has 1 aliphatic rings. The van der Waals surface area contributed by atoms with E-state index in [9.17, 15) is 9.18 Å². The second-order valence-electron chi connectivity index (χ2n) is 5.24. The average Bonchev–Trinajstić information content (AvgIpc) is 2.53. The van der Waals surface area contributed by atoms with Gasteiger partial charge in [0.2, 0.25) is 5.91 Å². The molecule has 0 aromatic heterocycles. The minimum Gasteiger partial charge on any atom is -0.371 e. The Morgan fingerprint density at radius 3 is 2.89 bits per heavy atom. The van der Waals surface area contributed by atoms with Gasteiger partial charge in [-0.1, -0.05) is 6.07 Å². The topological polar surface area (TPSA) is 58.4 Å². The molecule has 1 amide bonds. The molecule has 1 heterocycles. The first-order valence-corrected chi connectivity index (χ1v) is 6.54. The molecule has 5 heteroatoms. The van der Waals surface area contributed by atoms with Gasteiger partial charge < -0.3 is 16.0 Å². The van der Waals surface area contributed by atoms with Crippen molar-refractivity contribution in [2.24, 2.45) is 5.73 Å². The van der Waals surface area contributed by atoms with Gasteiger partial charge in [0.25, 0.3) is 0 Å². The van der Waals surface area contributed by atoms with Crippen molar-refractivity contribution in [1.29, 1.82) is 0 Å². The number of halogens is 1. The lowest BCUT2D eigenvalue weighted by molar-refractivity contribution is -0.122.